The molecule has 4 unspecified atom stereocenters. The summed E-state index contributed by atoms with van der Waals surface area (Å²) in [5.74, 6) is 2.75. The number of ether oxygens (including phenoxy) is 1. The Morgan fingerprint density at radius 2 is 0.750 bits per heavy atom. The number of carbonyl (C=O) groups is 2. The van der Waals surface area contributed by atoms with Crippen LogP contribution >= 0.6 is 56.7 Å². The fourth-order valence-electron chi connectivity index (χ4n) is 15.7. The first kappa shape index (κ1) is 72.0. The summed E-state index contributed by atoms with van der Waals surface area (Å²) < 4.78 is 11.3. The second-order valence-corrected chi connectivity index (χ2v) is 33.8. The molecule has 9 fully saturated rings. The molecule has 112 heavy (non-hydrogen) atoms. The number of amides is 2. The van der Waals surface area contributed by atoms with Crippen molar-refractivity contribution in [3.8, 4) is 52.9 Å². The smallest absolute Gasteiger partial charge is 0.210 e. The Morgan fingerprint density at radius 1 is 0.411 bits per heavy atom. The van der Waals surface area contributed by atoms with Gasteiger partial charge in [0, 0.05) is 165 Å². The molecule has 9 aliphatic rings. The number of rotatable bonds is 12. The van der Waals surface area contributed by atoms with Crippen LogP contribution in [0, 0.1) is 0 Å². The first-order chi connectivity index (χ1) is 54.8. The number of piperidine rings is 2. The Bertz CT molecular complexity index is 5760. The molecule has 5 atom stereocenters. The van der Waals surface area contributed by atoms with Gasteiger partial charge >= 0.3 is 0 Å². The molecule has 24 heterocycles. The van der Waals surface area contributed by atoms with Crippen LogP contribution in [0.5, 0.6) is 0 Å². The first-order valence-corrected chi connectivity index (χ1v) is 41.1. The van der Waals surface area contributed by atoms with Crippen LogP contribution in [0.4, 0.5) is 57.5 Å². The van der Waals surface area contributed by atoms with Crippen molar-refractivity contribution in [1.82, 2.24) is 96.3 Å². The number of anilines is 10. The predicted molar refractivity (Wildman–Crippen MR) is 450 cm³/mol. The Kier molecular flexibility index (Phi) is 19.9. The number of nitrogen functional groups attached to an aromatic ring is 5. The zero-order valence-corrected chi connectivity index (χ0v) is 64.9. The van der Waals surface area contributed by atoms with E-state index in [1.165, 1.54) is 27.2 Å². The van der Waals surface area contributed by atoms with E-state index in [4.69, 9.17) is 33.4 Å². The van der Waals surface area contributed by atoms with Gasteiger partial charge in [0.05, 0.1) is 158 Å². The fraction of sp³-hybridized carbons (Fsp3) is 0.307. The van der Waals surface area contributed by atoms with Gasteiger partial charge in [-0.1, -0.05) is 0 Å². The quantitative estimate of drug-likeness (QED) is 0.0507. The van der Waals surface area contributed by atoms with E-state index in [0.29, 0.717) is 59.3 Å². The maximum absolute atomic E-state index is 11.1. The summed E-state index contributed by atoms with van der Waals surface area (Å²) in [6.07, 6.45) is 13.1. The number of hydrogen-bond acceptors (Lipinski definition) is 30. The average Bonchev–Trinajstić information content (AvgIpc) is 1.01. The molecule has 37 heteroatoms. The molecule has 9 aliphatic heterocycles. The third kappa shape index (κ3) is 14.7. The highest BCUT2D eigenvalue weighted by Gasteiger charge is 2.45. The van der Waals surface area contributed by atoms with E-state index in [1.54, 1.807) is 92.6 Å². The summed E-state index contributed by atoms with van der Waals surface area (Å²) in [5, 5.41) is 42.1. The van der Waals surface area contributed by atoms with Gasteiger partial charge in [-0.2, -0.15) is 25.5 Å². The van der Waals surface area contributed by atoms with Crippen molar-refractivity contribution >= 4 is 178 Å². The minimum Gasteiger partial charge on any atom is -0.384 e. The van der Waals surface area contributed by atoms with Gasteiger partial charge in [-0.3, -0.25) is 35.1 Å². The number of hydrogen-bond donors (Lipinski definition) is 12. The number of thiophene rings is 5. The second kappa shape index (κ2) is 30.9. The maximum atomic E-state index is 11.1. The molecule has 17 N–H and O–H groups in total. The highest BCUT2D eigenvalue weighted by Crippen LogP contribution is 2.46. The molecule has 9 saturated heterocycles. The third-order valence-corrected chi connectivity index (χ3v) is 27.0. The van der Waals surface area contributed by atoms with Crippen molar-refractivity contribution in [2.75, 3.05) is 151 Å². The molecule has 0 radical (unpaired) electrons. The van der Waals surface area contributed by atoms with Crippen LogP contribution in [0.1, 0.15) is 19.8 Å². The molecular formula is C75H81N29O3S5. The molecule has 15 aromatic heterocycles. The van der Waals surface area contributed by atoms with Crippen molar-refractivity contribution in [1.29, 1.82) is 0 Å². The lowest BCUT2D eigenvalue weighted by atomic mass is 9.88. The summed E-state index contributed by atoms with van der Waals surface area (Å²) in [5.41, 5.74) is 45.5. The SMILES string of the molecule is C[C@@H]1COCCN1c1cc(N)nc2cc(-c3ccn[nH]3)sc12.Nc1cc(N2CC3CC(C2)N3)c2sc(-c3ccn[nH]3)cc2n1.Nc1cc(N2CC3CC(C2)N3C=O)c2sc(-c3ccn[nH]3)cc2n1.Nc1cc(N2CCN(C=O)CC2)c2sc(-c3ccn[nH]3)cc2n1.Nc1cc(N2CCNCC2)c2sc(-c3ccn[nH]3)cc2n1. The topological polar surface area (TPSA) is 428 Å². The predicted octanol–water partition coefficient (Wildman–Crippen LogP) is 9.23. The minimum absolute atomic E-state index is 0.317. The summed E-state index contributed by atoms with van der Waals surface area (Å²) in [7, 11) is 0. The Balaban J connectivity index is 0.0000000978. The van der Waals surface area contributed by atoms with Gasteiger partial charge in [-0.15, -0.1) is 56.7 Å². The van der Waals surface area contributed by atoms with Crippen LogP contribution in [0.3, 0.4) is 0 Å². The van der Waals surface area contributed by atoms with Crippen molar-refractivity contribution in [2.24, 2.45) is 0 Å². The van der Waals surface area contributed by atoms with Gasteiger partial charge in [-0.25, -0.2) is 24.9 Å². The van der Waals surface area contributed by atoms with Crippen molar-refractivity contribution in [2.45, 2.75) is 50.0 Å². The number of fused-ring (bicyclic) bond motifs is 9. The van der Waals surface area contributed by atoms with Gasteiger partial charge in [-0.05, 0) is 80.4 Å². The molecule has 4 bridgehead atoms. The lowest BCUT2D eigenvalue weighted by Gasteiger charge is -2.55. The van der Waals surface area contributed by atoms with Gasteiger partial charge < -0.3 is 78.3 Å². The summed E-state index contributed by atoms with van der Waals surface area (Å²) in [6.45, 7) is 15.4. The fourth-order valence-corrected chi connectivity index (χ4v) is 21.3. The number of carbonyl (C=O) groups excluding carboxylic acids is 2. The van der Waals surface area contributed by atoms with E-state index in [1.807, 2.05) is 71.6 Å². The summed E-state index contributed by atoms with van der Waals surface area (Å²) >= 11 is 8.56. The number of nitrogens with one attached hydrogen (secondary N) is 7. The van der Waals surface area contributed by atoms with Gasteiger partial charge in [0.2, 0.25) is 12.8 Å². The van der Waals surface area contributed by atoms with E-state index in [0.717, 1.165) is 229 Å². The molecule has 0 aliphatic carbocycles. The monoisotopic (exact) mass is 1600 g/mol. The zero-order valence-electron chi connectivity index (χ0n) is 60.9. The van der Waals surface area contributed by atoms with E-state index >= 15 is 0 Å². The molecule has 574 valence electrons. The number of piperazine rings is 4. The molecule has 15 aromatic rings. The Hall–Kier alpha value is -11.6. The van der Waals surface area contributed by atoms with E-state index in [2.05, 4.69) is 142 Å². The van der Waals surface area contributed by atoms with Crippen LogP contribution < -0.4 is 63.8 Å². The van der Waals surface area contributed by atoms with Crippen LogP contribution in [-0.4, -0.2) is 227 Å². The second-order valence-electron chi connectivity index (χ2n) is 28.5. The third-order valence-electron chi connectivity index (χ3n) is 21.1. The number of aromatic amines is 5. The van der Waals surface area contributed by atoms with Crippen molar-refractivity contribution < 1.29 is 14.3 Å². The summed E-state index contributed by atoms with van der Waals surface area (Å²) in [4.78, 5) is 65.5. The largest absolute Gasteiger partial charge is 0.384 e. The van der Waals surface area contributed by atoms with Crippen molar-refractivity contribution in [3.63, 3.8) is 0 Å². The summed E-state index contributed by atoms with van der Waals surface area (Å²) in [6, 6.07) is 32.2. The van der Waals surface area contributed by atoms with Crippen LogP contribution in [-0.2, 0) is 14.3 Å². The Morgan fingerprint density at radius 3 is 1.09 bits per heavy atom. The van der Waals surface area contributed by atoms with Crippen LogP contribution in [0.25, 0.3) is 104 Å². The van der Waals surface area contributed by atoms with Crippen LogP contribution in [0.2, 0.25) is 0 Å². The molecule has 32 nitrogen and oxygen atoms in total. The lowest BCUT2D eigenvalue weighted by molar-refractivity contribution is -0.131. The molecule has 24 rings (SSSR count). The van der Waals surface area contributed by atoms with E-state index in [-0.39, 0.29) is 0 Å². The van der Waals surface area contributed by atoms with Crippen LogP contribution in [0.15, 0.2) is 122 Å². The highest BCUT2D eigenvalue weighted by atomic mass is 32.1. The minimum atomic E-state index is 0.317. The molecule has 2 amide bonds. The Labute approximate surface area is 660 Å². The zero-order chi connectivity index (χ0) is 76.1. The number of nitrogens with zero attached hydrogens (tertiary/aromatic N) is 17. The van der Waals surface area contributed by atoms with Gasteiger partial charge in [0.1, 0.15) is 29.1 Å². The van der Waals surface area contributed by atoms with Gasteiger partial charge in [0.25, 0.3) is 0 Å². The molecule has 0 saturated carbocycles. The highest BCUT2D eigenvalue weighted by molar-refractivity contribution is 7.24. The lowest BCUT2D eigenvalue weighted by Crippen LogP contribution is -2.68. The molecular weight excluding hydrogens is 1520 g/mol. The number of morpholine rings is 1. The molecule has 0 spiro atoms. The van der Waals surface area contributed by atoms with E-state index < -0.39 is 0 Å². The number of aromatic nitrogens is 15. The standard InChI is InChI=1S/C16H16N6OS.C15H16N6OS.C15H16N6S.C15H17N5OS.C14H16N6S/c17-15-5-13(21-6-9-3-10(7-21)22(9)8-23)16-12(19-15)4-14(24-16)11-1-2-18-20-11;16-14-8-12(21-5-3-20(9-22)4-6-21)15-11(18-14)7-13(23-15)10-1-2-17-19-10;16-14-5-12(21-6-8-3-9(7-21)18-8)15-11(19-14)4-13(22-15)10-1-2-17-20-10;1-9-8-21-5-4-20(9)12-7-14(16)18-11-6-13(22-15(11)12)10-2-3-17-19-10;15-13-8-11(20-5-3-16-4-6-20)14-10(18-13)7-12(21-14)9-1-2-17-19-9/h1-2,4-5,8-10H,3,6-7H2,(H2,17,19)(H,18,20);1-2,7-9H,3-6H2,(H2,16,18)(H,17,19);1-2,4-5,8-9,18H,3,6-7H2,(H2,16,19)(H,17,20);2-3,6-7,9H,4-5,8H2,1H3,(H2,16,18)(H,17,19);1-2,7-8,16H,3-6H2,(H2,15,18)(H,17,19)/t;;;9-;/m...1./s1. The number of nitrogens with two attached hydrogens (primary N) is 5. The van der Waals surface area contributed by atoms with Gasteiger partial charge in [0.15, 0.2) is 0 Å². The molecule has 0 aromatic carbocycles. The normalized spacial score (nSPS) is 19.3. The van der Waals surface area contributed by atoms with E-state index in [9.17, 15) is 9.59 Å². The average molecular weight is 1600 g/mol. The maximum Gasteiger partial charge on any atom is 0.210 e. The number of H-pyrrole nitrogens is 5. The first-order valence-electron chi connectivity index (χ1n) is 37.0. The van der Waals surface area contributed by atoms with Crippen molar-refractivity contribution in [3.05, 3.63) is 122 Å². The number of pyridine rings is 5.